The Morgan fingerprint density at radius 1 is 1.14 bits per heavy atom. The fraction of sp³-hybridized carbons (Fsp3) is 1.00. The third-order valence-electron chi connectivity index (χ3n) is 0.493. The molecule has 0 saturated carbocycles. The summed E-state index contributed by atoms with van der Waals surface area (Å²) in [7, 11) is 3.47. The van der Waals surface area contributed by atoms with Gasteiger partial charge in [-0.25, -0.2) is 0 Å². The molecular weight excluding hydrogens is 199 g/mol. The van der Waals surface area contributed by atoms with Gasteiger partial charge in [0.2, 0.25) is 0 Å². The van der Waals surface area contributed by atoms with Crippen LogP contribution in [0.3, 0.4) is 0 Å². The standard InChI is InChI=1S/2C2H5O.Sn/c2*1-3-2;/h2*1H2,2H3;/q;;+2. The van der Waals surface area contributed by atoms with Gasteiger partial charge in [0.25, 0.3) is 0 Å². The molecule has 0 aromatic heterocycles. The number of hydrogen-bond acceptors (Lipinski definition) is 2. The van der Waals surface area contributed by atoms with E-state index in [-0.39, 0.29) is 21.1 Å². The van der Waals surface area contributed by atoms with E-state index in [1.54, 1.807) is 14.2 Å². The van der Waals surface area contributed by atoms with Gasteiger partial charge < -0.3 is 0 Å². The summed E-state index contributed by atoms with van der Waals surface area (Å²) in [5.41, 5.74) is 0. The van der Waals surface area contributed by atoms with Gasteiger partial charge in [-0.2, -0.15) is 0 Å². The van der Waals surface area contributed by atoms with Crippen molar-refractivity contribution in [3.8, 4) is 0 Å². The molecule has 0 aromatic rings. The van der Waals surface area contributed by atoms with Crippen LogP contribution in [0.1, 0.15) is 0 Å². The van der Waals surface area contributed by atoms with Crippen molar-refractivity contribution in [2.75, 3.05) is 23.5 Å². The molecule has 0 heterocycles. The average Bonchev–Trinajstić information content (AvgIpc) is 1.69. The first kappa shape index (κ1) is 7.72. The maximum absolute atomic E-state index is 4.84. The normalized spacial score (nSPS) is 8.29. The van der Waals surface area contributed by atoms with Crippen molar-refractivity contribution >= 4 is 21.1 Å². The van der Waals surface area contributed by atoms with Crippen LogP contribution < -0.4 is 0 Å². The number of ether oxygens (including phenoxy) is 2. The van der Waals surface area contributed by atoms with Crippen LogP contribution in [0.25, 0.3) is 0 Å². The molecule has 0 rings (SSSR count). The van der Waals surface area contributed by atoms with Crippen molar-refractivity contribution in [2.45, 2.75) is 0 Å². The first-order chi connectivity index (χ1) is 3.41. The van der Waals surface area contributed by atoms with Crippen molar-refractivity contribution in [1.29, 1.82) is 0 Å². The van der Waals surface area contributed by atoms with E-state index in [2.05, 4.69) is 0 Å². The van der Waals surface area contributed by atoms with Crippen LogP contribution in [-0.4, -0.2) is 44.6 Å². The summed E-state index contributed by atoms with van der Waals surface area (Å²) in [6, 6.07) is 0. The van der Waals surface area contributed by atoms with Gasteiger partial charge in [-0.1, -0.05) is 0 Å². The van der Waals surface area contributed by atoms with E-state index in [9.17, 15) is 0 Å². The zero-order valence-electron chi connectivity index (χ0n) is 4.73. The molecule has 0 unspecified atom stereocenters. The zero-order chi connectivity index (χ0) is 5.54. The molecule has 0 fully saturated rings. The molecule has 40 valence electrons. The Morgan fingerprint density at radius 3 is 1.86 bits per heavy atom. The summed E-state index contributed by atoms with van der Waals surface area (Å²) in [6.07, 6.45) is 0. The van der Waals surface area contributed by atoms with Crippen molar-refractivity contribution in [3.05, 3.63) is 0 Å². The fourth-order valence-corrected chi connectivity index (χ4v) is 1.65. The molecule has 0 aromatic carbocycles. The van der Waals surface area contributed by atoms with Crippen LogP contribution in [-0.2, 0) is 9.47 Å². The van der Waals surface area contributed by atoms with Crippen molar-refractivity contribution in [2.24, 2.45) is 0 Å². The van der Waals surface area contributed by atoms with Gasteiger partial charge in [-0.05, 0) is 0 Å². The van der Waals surface area contributed by atoms with Gasteiger partial charge in [0.1, 0.15) is 0 Å². The summed E-state index contributed by atoms with van der Waals surface area (Å²) in [4.78, 5) is 0. The van der Waals surface area contributed by atoms with Crippen molar-refractivity contribution in [3.63, 3.8) is 0 Å². The summed E-state index contributed by atoms with van der Waals surface area (Å²) in [6.45, 7) is 0. The number of methoxy groups -OCH3 is 2. The third kappa shape index (κ3) is 6.72. The molecule has 0 N–H and O–H groups in total. The Kier molecular flexibility index (Phi) is 7.41. The number of rotatable bonds is 4. The summed E-state index contributed by atoms with van der Waals surface area (Å²) < 4.78 is 11.6. The molecule has 7 heavy (non-hydrogen) atoms. The third-order valence-corrected chi connectivity index (χ3v) is 3.31. The minimum atomic E-state index is -0.263. The van der Waals surface area contributed by atoms with E-state index < -0.39 is 0 Å². The first-order valence-electron chi connectivity index (χ1n) is 2.10. The van der Waals surface area contributed by atoms with Gasteiger partial charge in [0.15, 0.2) is 0 Å². The molecule has 0 atom stereocenters. The second kappa shape index (κ2) is 6.72. The Labute approximate surface area is 54.4 Å². The van der Waals surface area contributed by atoms with E-state index in [0.29, 0.717) is 0 Å². The van der Waals surface area contributed by atoms with Crippen LogP contribution in [0.5, 0.6) is 0 Å². The Hall–Kier alpha value is 0.719. The Balaban J connectivity index is 2.45. The molecule has 0 amide bonds. The van der Waals surface area contributed by atoms with E-state index in [4.69, 9.17) is 9.47 Å². The molecular formula is C4H10O2Sn+2. The van der Waals surface area contributed by atoms with Gasteiger partial charge in [-0.3, -0.25) is 0 Å². The summed E-state index contributed by atoms with van der Waals surface area (Å²) in [5.74, 6) is 0. The second-order valence-electron chi connectivity index (χ2n) is 1.12. The molecule has 0 aliphatic carbocycles. The topological polar surface area (TPSA) is 18.5 Å². The monoisotopic (exact) mass is 210 g/mol. The first-order valence-corrected chi connectivity index (χ1v) is 6.14. The maximum atomic E-state index is 4.84. The van der Waals surface area contributed by atoms with E-state index >= 15 is 0 Å². The second-order valence-corrected chi connectivity index (χ2v) is 4.19. The van der Waals surface area contributed by atoms with Crippen LogP contribution in [0.2, 0.25) is 0 Å². The number of hydrogen-bond donors (Lipinski definition) is 0. The summed E-state index contributed by atoms with van der Waals surface area (Å²) in [5, 5.41) is 0. The predicted octanol–water partition coefficient (Wildman–Crippen LogP) is -0.102. The zero-order valence-corrected chi connectivity index (χ0v) is 7.58. The minimum absolute atomic E-state index is 0.263. The molecule has 0 bridgehead atoms. The predicted molar refractivity (Wildman–Crippen MR) is 29.5 cm³/mol. The summed E-state index contributed by atoms with van der Waals surface area (Å²) >= 11 is -0.263. The SMILES string of the molecule is CO[CH2][Sn+2][CH2]OC. The van der Waals surface area contributed by atoms with Crippen LogP contribution in [0, 0.1) is 0 Å². The van der Waals surface area contributed by atoms with Crippen LogP contribution in [0.4, 0.5) is 0 Å². The Bertz CT molecular complexity index is 28.9. The van der Waals surface area contributed by atoms with Gasteiger partial charge in [0.05, 0.1) is 0 Å². The van der Waals surface area contributed by atoms with Crippen molar-refractivity contribution < 1.29 is 9.47 Å². The van der Waals surface area contributed by atoms with Gasteiger partial charge in [-0.15, -0.1) is 0 Å². The quantitative estimate of drug-likeness (QED) is 0.475. The van der Waals surface area contributed by atoms with Crippen LogP contribution in [0.15, 0.2) is 0 Å². The van der Waals surface area contributed by atoms with Gasteiger partial charge in [0, 0.05) is 0 Å². The van der Waals surface area contributed by atoms with Crippen molar-refractivity contribution in [1.82, 2.24) is 0 Å². The molecule has 3 heteroatoms. The van der Waals surface area contributed by atoms with Gasteiger partial charge >= 0.3 is 54.1 Å². The van der Waals surface area contributed by atoms with Crippen LogP contribution >= 0.6 is 0 Å². The Morgan fingerprint density at radius 2 is 1.57 bits per heavy atom. The molecule has 0 saturated heterocycles. The molecule has 0 spiro atoms. The molecule has 0 aliphatic rings. The average molecular weight is 209 g/mol. The van der Waals surface area contributed by atoms with E-state index in [1.165, 1.54) is 0 Å². The van der Waals surface area contributed by atoms with E-state index in [1.807, 2.05) is 0 Å². The van der Waals surface area contributed by atoms with E-state index in [0.717, 1.165) is 9.25 Å². The molecule has 0 aliphatic heterocycles. The molecule has 2 nitrogen and oxygen atoms in total. The fourth-order valence-electron chi connectivity index (χ4n) is 0.246. The molecule has 0 radical (unpaired) electrons.